The number of H-pyrrole nitrogens is 1. The lowest BCUT2D eigenvalue weighted by Gasteiger charge is -2.43. The Morgan fingerprint density at radius 2 is 1.90 bits per heavy atom. The predicted molar refractivity (Wildman–Crippen MR) is 156 cm³/mol. The molecule has 40 heavy (non-hydrogen) atoms. The highest BCUT2D eigenvalue weighted by Crippen LogP contribution is 2.45. The average Bonchev–Trinajstić information content (AvgIpc) is 3.30. The molecule has 1 N–H and O–H groups in total. The number of hydrogen-bond donors (Lipinski definition) is 1. The number of fused-ring (bicyclic) bond motifs is 2. The topological polar surface area (TPSA) is 107 Å². The van der Waals surface area contributed by atoms with Crippen molar-refractivity contribution in [3.8, 4) is 11.1 Å². The summed E-state index contributed by atoms with van der Waals surface area (Å²) < 4.78 is 16.8. The molecule has 12 heteroatoms. The maximum Gasteiger partial charge on any atom is 0.351 e. The summed E-state index contributed by atoms with van der Waals surface area (Å²) in [4.78, 5) is 27.5. The molecule has 2 aliphatic rings. The molecular weight excluding hydrogens is 535 g/mol. The first-order valence-electron chi connectivity index (χ1n) is 13.5. The Balaban J connectivity index is 1.61. The second kappa shape index (κ2) is 9.81. The highest BCUT2D eigenvalue weighted by molar-refractivity contribution is 6.35. The highest BCUT2D eigenvalue weighted by Gasteiger charge is 2.34. The van der Waals surface area contributed by atoms with Crippen molar-refractivity contribution in [2.24, 2.45) is 5.92 Å². The summed E-state index contributed by atoms with van der Waals surface area (Å²) in [6.07, 6.45) is 2.13. The van der Waals surface area contributed by atoms with E-state index >= 15 is 4.39 Å². The molecule has 0 bridgehead atoms. The van der Waals surface area contributed by atoms with Crippen LogP contribution >= 0.6 is 11.6 Å². The molecule has 0 saturated carbocycles. The molecule has 4 heterocycles. The van der Waals surface area contributed by atoms with Crippen LogP contribution < -0.4 is 9.80 Å². The van der Waals surface area contributed by atoms with Crippen LogP contribution in [0.4, 0.5) is 22.0 Å². The predicted octanol–water partition coefficient (Wildman–Crippen LogP) is 5.56. The third-order valence-electron chi connectivity index (χ3n) is 8.46. The van der Waals surface area contributed by atoms with Gasteiger partial charge >= 0.3 is 5.82 Å². The van der Waals surface area contributed by atoms with Crippen molar-refractivity contribution in [1.82, 2.24) is 25.1 Å². The van der Waals surface area contributed by atoms with Crippen molar-refractivity contribution in [1.29, 1.82) is 0 Å². The van der Waals surface area contributed by atoms with Gasteiger partial charge in [0.1, 0.15) is 22.2 Å². The van der Waals surface area contributed by atoms with Gasteiger partial charge in [0.15, 0.2) is 5.82 Å². The van der Waals surface area contributed by atoms with E-state index in [1.165, 1.54) is 0 Å². The standard InChI is InChI=1S/C28H32ClFN8O2/c1-14-6-8-16(3)37(11-14)26-18-10-19(29)22(21-15(2)7-9-20-23(21)27(34-33-20)38(39)40)24(30)25(18)31-28(32-26)36-12-17(13-36)35(4)5/h7,9-10,14,16-17H,6,8,11-13H2,1-5H3,(H,33,34)/t14-,16-/m0/s1. The zero-order valence-corrected chi connectivity index (χ0v) is 24.0. The molecule has 210 valence electrons. The molecule has 2 saturated heterocycles. The van der Waals surface area contributed by atoms with E-state index in [1.807, 2.05) is 14.1 Å². The van der Waals surface area contributed by atoms with Crippen LogP contribution in [0.2, 0.25) is 5.02 Å². The summed E-state index contributed by atoms with van der Waals surface area (Å²) in [5.74, 6) is 0.681. The van der Waals surface area contributed by atoms with Crippen LogP contribution in [0.15, 0.2) is 18.2 Å². The van der Waals surface area contributed by atoms with Crippen LogP contribution in [0.1, 0.15) is 32.3 Å². The van der Waals surface area contributed by atoms with Gasteiger partial charge in [-0.15, -0.1) is 5.10 Å². The number of nitro groups is 1. The molecular formula is C28H32ClFN8O2. The number of piperidine rings is 1. The second-order valence-electron chi connectivity index (χ2n) is 11.5. The molecule has 2 aliphatic heterocycles. The molecule has 0 aliphatic carbocycles. The Labute approximate surface area is 236 Å². The van der Waals surface area contributed by atoms with Gasteiger partial charge in [-0.05, 0) is 69.3 Å². The van der Waals surface area contributed by atoms with Gasteiger partial charge in [0.05, 0.1) is 5.02 Å². The molecule has 0 unspecified atom stereocenters. The van der Waals surface area contributed by atoms with Crippen LogP contribution in [0, 0.1) is 28.8 Å². The largest absolute Gasteiger partial charge is 0.358 e. The van der Waals surface area contributed by atoms with Gasteiger partial charge in [-0.1, -0.05) is 29.7 Å². The molecule has 2 aromatic heterocycles. The SMILES string of the molecule is Cc1ccc2n[nH]c([N+](=O)[O-])c2c1-c1c(Cl)cc2c(N3C[C@@H](C)CC[C@@H]3C)nc(N3CC(N(C)C)C3)nc2c1F. The first-order valence-corrected chi connectivity index (χ1v) is 13.9. The molecule has 6 rings (SSSR count). The first-order chi connectivity index (χ1) is 19.0. The average molecular weight is 567 g/mol. The number of nitrogens with one attached hydrogen (secondary N) is 1. The maximum atomic E-state index is 16.8. The van der Waals surface area contributed by atoms with Crippen LogP contribution in [-0.2, 0) is 0 Å². The van der Waals surface area contributed by atoms with Crippen molar-refractivity contribution >= 4 is 51.0 Å². The van der Waals surface area contributed by atoms with Gasteiger partial charge in [-0.2, -0.15) is 4.98 Å². The normalized spacial score (nSPS) is 20.1. The molecule has 0 spiro atoms. The Morgan fingerprint density at radius 3 is 2.60 bits per heavy atom. The van der Waals surface area contributed by atoms with E-state index in [2.05, 4.69) is 38.7 Å². The summed E-state index contributed by atoms with van der Waals surface area (Å²) in [5, 5.41) is 19.3. The van der Waals surface area contributed by atoms with Crippen LogP contribution in [-0.4, -0.2) is 75.8 Å². The number of halogens is 2. The number of anilines is 2. The molecule has 4 aromatic rings. The summed E-state index contributed by atoms with van der Waals surface area (Å²) in [6, 6.07) is 5.73. The summed E-state index contributed by atoms with van der Waals surface area (Å²) in [6.45, 7) is 8.44. The quantitative estimate of drug-likeness (QED) is 0.247. The summed E-state index contributed by atoms with van der Waals surface area (Å²) in [5.41, 5.74) is 1.56. The van der Waals surface area contributed by atoms with Crippen LogP contribution in [0.25, 0.3) is 32.9 Å². The number of nitrogens with zero attached hydrogens (tertiary/aromatic N) is 7. The van der Waals surface area contributed by atoms with Crippen molar-refractivity contribution in [3.05, 3.63) is 44.7 Å². The minimum absolute atomic E-state index is 0.0761. The van der Waals surface area contributed by atoms with Gasteiger partial charge in [0.25, 0.3) is 0 Å². The van der Waals surface area contributed by atoms with Crippen molar-refractivity contribution in [3.63, 3.8) is 0 Å². The van der Waals surface area contributed by atoms with Crippen molar-refractivity contribution < 1.29 is 9.31 Å². The van der Waals surface area contributed by atoms with E-state index in [-0.39, 0.29) is 33.3 Å². The zero-order valence-electron chi connectivity index (χ0n) is 23.2. The van der Waals surface area contributed by atoms with Crippen molar-refractivity contribution in [2.75, 3.05) is 43.5 Å². The summed E-state index contributed by atoms with van der Waals surface area (Å²) in [7, 11) is 4.08. The molecule has 2 fully saturated rings. The number of aromatic nitrogens is 4. The van der Waals surface area contributed by atoms with Gasteiger partial charge < -0.3 is 24.8 Å². The van der Waals surface area contributed by atoms with E-state index < -0.39 is 10.7 Å². The number of aromatic amines is 1. The minimum Gasteiger partial charge on any atom is -0.358 e. The Kier molecular flexibility index (Phi) is 6.53. The number of hydrogen-bond acceptors (Lipinski definition) is 8. The number of likely N-dealkylation sites (N-methyl/N-ethyl adjacent to an activating group) is 1. The molecule has 2 aromatic carbocycles. The zero-order chi connectivity index (χ0) is 28.5. The number of aryl methyl sites for hydroxylation is 1. The lowest BCUT2D eigenvalue weighted by Crippen LogP contribution is -2.58. The maximum absolute atomic E-state index is 16.8. The van der Waals surface area contributed by atoms with Crippen LogP contribution in [0.5, 0.6) is 0 Å². The fraction of sp³-hybridized carbons (Fsp3) is 0.464. The van der Waals surface area contributed by atoms with E-state index in [9.17, 15) is 10.1 Å². The van der Waals surface area contributed by atoms with E-state index in [0.29, 0.717) is 45.8 Å². The summed E-state index contributed by atoms with van der Waals surface area (Å²) >= 11 is 6.85. The molecule has 2 atom stereocenters. The van der Waals surface area contributed by atoms with Gasteiger partial charge in [-0.3, -0.25) is 0 Å². The van der Waals surface area contributed by atoms with Crippen molar-refractivity contribution in [2.45, 2.75) is 45.7 Å². The number of rotatable bonds is 5. The third-order valence-corrected chi connectivity index (χ3v) is 8.76. The fourth-order valence-electron chi connectivity index (χ4n) is 5.94. The van der Waals surface area contributed by atoms with E-state index in [4.69, 9.17) is 21.6 Å². The smallest absolute Gasteiger partial charge is 0.351 e. The van der Waals surface area contributed by atoms with Crippen LogP contribution in [0.3, 0.4) is 0 Å². The Morgan fingerprint density at radius 1 is 1.15 bits per heavy atom. The lowest BCUT2D eigenvalue weighted by atomic mass is 9.93. The minimum atomic E-state index is -0.624. The molecule has 0 amide bonds. The first kappa shape index (κ1) is 26.6. The van der Waals surface area contributed by atoms with Gasteiger partial charge in [-0.25, -0.2) is 9.37 Å². The fourth-order valence-corrected chi connectivity index (χ4v) is 6.23. The second-order valence-corrected chi connectivity index (χ2v) is 11.9. The van der Waals surface area contributed by atoms with E-state index in [0.717, 1.165) is 32.5 Å². The third kappa shape index (κ3) is 4.23. The monoisotopic (exact) mass is 566 g/mol. The molecule has 10 nitrogen and oxygen atoms in total. The Bertz CT molecular complexity index is 1650. The van der Waals surface area contributed by atoms with Gasteiger partial charge in [0.2, 0.25) is 5.95 Å². The lowest BCUT2D eigenvalue weighted by molar-refractivity contribution is -0.387. The van der Waals surface area contributed by atoms with Gasteiger partial charge in [0, 0.05) is 48.2 Å². The highest BCUT2D eigenvalue weighted by atomic mass is 35.5. The Hall–Kier alpha value is -3.57. The number of benzene rings is 2. The molecule has 0 radical (unpaired) electrons. The van der Waals surface area contributed by atoms with E-state index in [1.54, 1.807) is 25.1 Å².